The van der Waals surface area contributed by atoms with Gasteiger partial charge in [0.15, 0.2) is 0 Å². The molecule has 1 aromatic carbocycles. The van der Waals surface area contributed by atoms with Gasteiger partial charge in [-0.05, 0) is 50.3 Å². The Hall–Kier alpha value is -2.35. The number of aryl methyl sites for hydroxylation is 1. The van der Waals surface area contributed by atoms with Crippen LogP contribution in [0.5, 0.6) is 0 Å². The summed E-state index contributed by atoms with van der Waals surface area (Å²) >= 11 is 1.56. The third kappa shape index (κ3) is 4.38. The molecule has 0 fully saturated rings. The minimum absolute atomic E-state index is 0.249. The topological polar surface area (TPSA) is 49.4 Å². The van der Waals surface area contributed by atoms with Crippen molar-refractivity contribution in [3.05, 3.63) is 51.2 Å². The number of amides is 2. The van der Waals surface area contributed by atoms with Gasteiger partial charge in [0.1, 0.15) is 6.54 Å². The Labute approximate surface area is 165 Å². The molecule has 0 spiro atoms. The van der Waals surface area contributed by atoms with E-state index >= 15 is 0 Å². The second kappa shape index (κ2) is 8.34. The van der Waals surface area contributed by atoms with Gasteiger partial charge >= 0.3 is 6.18 Å². The van der Waals surface area contributed by atoms with Crippen LogP contribution in [0.15, 0.2) is 29.6 Å². The molecule has 28 heavy (non-hydrogen) atoms. The summed E-state index contributed by atoms with van der Waals surface area (Å²) in [6.07, 6.45) is -0.610. The van der Waals surface area contributed by atoms with Gasteiger partial charge in [-0.15, -0.1) is 11.3 Å². The van der Waals surface area contributed by atoms with Crippen LogP contribution in [0.25, 0.3) is 0 Å². The van der Waals surface area contributed by atoms with Gasteiger partial charge < -0.3 is 10.2 Å². The largest absolute Gasteiger partial charge is 0.418 e. The number of thiophene rings is 1. The monoisotopic (exact) mass is 410 g/mol. The van der Waals surface area contributed by atoms with E-state index in [2.05, 4.69) is 5.32 Å². The van der Waals surface area contributed by atoms with Crippen LogP contribution in [0.4, 0.5) is 18.9 Å². The molecular formula is C20H21F3N2O2S. The molecule has 2 aromatic rings. The summed E-state index contributed by atoms with van der Waals surface area (Å²) < 4.78 is 39.3. The molecule has 0 bridgehead atoms. The van der Waals surface area contributed by atoms with E-state index in [1.807, 2.05) is 5.38 Å². The Balaban J connectivity index is 1.72. The Morgan fingerprint density at radius 3 is 2.61 bits per heavy atom. The number of carbonyl (C=O) groups excluding carboxylic acids is 2. The summed E-state index contributed by atoms with van der Waals surface area (Å²) in [5.74, 6) is -0.905. The predicted molar refractivity (Wildman–Crippen MR) is 103 cm³/mol. The maximum absolute atomic E-state index is 13.1. The summed E-state index contributed by atoms with van der Waals surface area (Å²) in [5.41, 5.74) is 0.452. The zero-order valence-electron chi connectivity index (χ0n) is 15.4. The zero-order chi connectivity index (χ0) is 20.3. The number of hydrogen-bond acceptors (Lipinski definition) is 3. The van der Waals surface area contributed by atoms with E-state index in [-0.39, 0.29) is 24.7 Å². The van der Waals surface area contributed by atoms with Crippen LogP contribution in [0.2, 0.25) is 0 Å². The van der Waals surface area contributed by atoms with Crippen LogP contribution in [0, 0.1) is 0 Å². The summed E-state index contributed by atoms with van der Waals surface area (Å²) in [6, 6.07) is 4.80. The van der Waals surface area contributed by atoms with Crippen molar-refractivity contribution in [3.63, 3.8) is 0 Å². The van der Waals surface area contributed by atoms with Crippen LogP contribution in [-0.4, -0.2) is 29.8 Å². The highest BCUT2D eigenvalue weighted by Gasteiger charge is 2.33. The summed E-state index contributed by atoms with van der Waals surface area (Å²) in [7, 11) is 0. The number of benzene rings is 1. The zero-order valence-corrected chi connectivity index (χ0v) is 16.3. The lowest BCUT2D eigenvalue weighted by Crippen LogP contribution is -2.38. The Morgan fingerprint density at radius 2 is 1.89 bits per heavy atom. The molecule has 0 atom stereocenters. The number of hydrogen-bond donors (Lipinski definition) is 1. The molecule has 8 heteroatoms. The first-order chi connectivity index (χ1) is 13.3. The number of alkyl halides is 3. The molecule has 2 amide bonds. The SMILES string of the molecule is CCN(CC(=O)Nc1ccccc1C(F)(F)F)C(=O)c1csc2c1CCCC2. The molecule has 1 aliphatic rings. The number of halogens is 3. The maximum Gasteiger partial charge on any atom is 0.418 e. The van der Waals surface area contributed by atoms with Gasteiger partial charge in [-0.2, -0.15) is 13.2 Å². The molecule has 0 saturated heterocycles. The quantitative estimate of drug-likeness (QED) is 0.774. The van der Waals surface area contributed by atoms with Crippen molar-refractivity contribution in [1.29, 1.82) is 0 Å². The van der Waals surface area contributed by atoms with E-state index in [1.54, 1.807) is 18.3 Å². The van der Waals surface area contributed by atoms with Gasteiger partial charge in [-0.3, -0.25) is 9.59 Å². The van der Waals surface area contributed by atoms with Gasteiger partial charge in [0.25, 0.3) is 5.91 Å². The average molecular weight is 410 g/mol. The first kappa shape index (κ1) is 20.4. The lowest BCUT2D eigenvalue weighted by atomic mass is 9.95. The Bertz CT molecular complexity index is 877. The second-order valence-corrected chi connectivity index (χ2v) is 7.63. The molecular weight excluding hydrogens is 389 g/mol. The Kier molecular flexibility index (Phi) is 6.07. The van der Waals surface area contributed by atoms with E-state index in [1.165, 1.54) is 28.0 Å². The minimum Gasteiger partial charge on any atom is -0.330 e. The number of anilines is 1. The van der Waals surface area contributed by atoms with Gasteiger partial charge in [-0.1, -0.05) is 12.1 Å². The first-order valence-corrected chi connectivity index (χ1v) is 10.0. The minimum atomic E-state index is -4.57. The van der Waals surface area contributed by atoms with Crippen molar-refractivity contribution in [1.82, 2.24) is 4.90 Å². The van der Waals surface area contributed by atoms with E-state index in [0.717, 1.165) is 37.3 Å². The van der Waals surface area contributed by atoms with Crippen molar-refractivity contribution >= 4 is 28.8 Å². The van der Waals surface area contributed by atoms with Crippen LogP contribution in [-0.2, 0) is 23.8 Å². The number of rotatable bonds is 5. The van der Waals surface area contributed by atoms with Gasteiger partial charge in [0, 0.05) is 16.8 Å². The fourth-order valence-electron chi connectivity index (χ4n) is 3.37. The van der Waals surface area contributed by atoms with E-state index < -0.39 is 17.6 Å². The summed E-state index contributed by atoms with van der Waals surface area (Å²) in [6.45, 7) is 1.73. The number of likely N-dealkylation sites (N-methyl/N-ethyl adjacent to an activating group) is 1. The fraction of sp³-hybridized carbons (Fsp3) is 0.400. The van der Waals surface area contributed by atoms with Crippen LogP contribution >= 0.6 is 11.3 Å². The van der Waals surface area contributed by atoms with Gasteiger partial charge in [-0.25, -0.2) is 0 Å². The maximum atomic E-state index is 13.1. The molecule has 150 valence electrons. The normalized spacial score (nSPS) is 13.7. The van der Waals surface area contributed by atoms with Crippen molar-refractivity contribution in [3.8, 4) is 0 Å². The molecule has 0 radical (unpaired) electrons. The van der Waals surface area contributed by atoms with E-state index in [9.17, 15) is 22.8 Å². The van der Waals surface area contributed by atoms with Gasteiger partial charge in [0.2, 0.25) is 5.91 Å². The molecule has 1 heterocycles. The highest BCUT2D eigenvalue weighted by Crippen LogP contribution is 2.34. The molecule has 0 aliphatic heterocycles. The second-order valence-electron chi connectivity index (χ2n) is 6.67. The van der Waals surface area contributed by atoms with E-state index in [0.29, 0.717) is 5.56 Å². The predicted octanol–water partition coefficient (Wildman–Crippen LogP) is 4.75. The third-order valence-corrected chi connectivity index (χ3v) is 5.89. The van der Waals surface area contributed by atoms with Gasteiger partial charge in [0.05, 0.1) is 16.8 Å². The van der Waals surface area contributed by atoms with E-state index in [4.69, 9.17) is 0 Å². The average Bonchev–Trinajstić information content (AvgIpc) is 3.09. The molecule has 0 unspecified atom stereocenters. The number of nitrogens with zero attached hydrogens (tertiary/aromatic N) is 1. The molecule has 0 saturated carbocycles. The van der Waals surface area contributed by atoms with Crippen LogP contribution in [0.3, 0.4) is 0 Å². The highest BCUT2D eigenvalue weighted by atomic mass is 32.1. The molecule has 1 N–H and O–H groups in total. The smallest absolute Gasteiger partial charge is 0.330 e. The number of para-hydroxylation sites is 1. The summed E-state index contributed by atoms with van der Waals surface area (Å²) in [5, 5.41) is 4.13. The van der Waals surface area contributed by atoms with Crippen molar-refractivity contribution < 1.29 is 22.8 Å². The lowest BCUT2D eigenvalue weighted by Gasteiger charge is -2.22. The lowest BCUT2D eigenvalue weighted by molar-refractivity contribution is -0.137. The Morgan fingerprint density at radius 1 is 1.18 bits per heavy atom. The molecule has 1 aliphatic carbocycles. The standard InChI is InChI=1S/C20H21F3N2O2S/c1-2-25(19(27)14-12-28-17-10-6-3-7-13(14)17)11-18(26)24-16-9-5-4-8-15(16)20(21,22)23/h4-5,8-9,12H,2-3,6-7,10-11H2,1H3,(H,24,26). The molecule has 1 aromatic heterocycles. The number of fused-ring (bicyclic) bond motifs is 1. The van der Waals surface area contributed by atoms with Crippen molar-refractivity contribution in [2.75, 3.05) is 18.4 Å². The van der Waals surface area contributed by atoms with Crippen molar-refractivity contribution in [2.24, 2.45) is 0 Å². The molecule has 3 rings (SSSR count). The van der Waals surface area contributed by atoms with Crippen molar-refractivity contribution in [2.45, 2.75) is 38.8 Å². The number of carbonyl (C=O) groups is 2. The summed E-state index contributed by atoms with van der Waals surface area (Å²) in [4.78, 5) is 27.8. The van der Waals surface area contributed by atoms with Crippen LogP contribution in [0.1, 0.15) is 46.1 Å². The molecule has 4 nitrogen and oxygen atoms in total. The highest BCUT2D eigenvalue weighted by molar-refractivity contribution is 7.10. The fourth-order valence-corrected chi connectivity index (χ4v) is 4.49. The first-order valence-electron chi connectivity index (χ1n) is 9.15. The number of nitrogens with one attached hydrogen (secondary N) is 1. The third-order valence-electron chi connectivity index (χ3n) is 4.80. The van der Waals surface area contributed by atoms with Crippen LogP contribution < -0.4 is 5.32 Å².